The number of hydrogen-bond acceptors (Lipinski definition) is 2. The molecule has 0 fully saturated rings. The molecule has 0 saturated heterocycles. The zero-order valence-electron chi connectivity index (χ0n) is 8.69. The van der Waals surface area contributed by atoms with Gasteiger partial charge in [0.15, 0.2) is 0 Å². The van der Waals surface area contributed by atoms with E-state index in [0.29, 0.717) is 6.54 Å². The molecule has 0 aliphatic heterocycles. The summed E-state index contributed by atoms with van der Waals surface area (Å²) in [5, 5.41) is 4.08. The Balaban J connectivity index is 4.03. The van der Waals surface area contributed by atoms with E-state index in [9.17, 15) is 18.0 Å². The smallest absolute Gasteiger partial charge is 0.338 e. The van der Waals surface area contributed by atoms with E-state index in [0.717, 1.165) is 0 Å². The first kappa shape index (κ1) is 14.0. The lowest BCUT2D eigenvalue weighted by Gasteiger charge is -2.20. The maximum absolute atomic E-state index is 12.2. The topological polar surface area (TPSA) is 67.2 Å². The fourth-order valence-corrected chi connectivity index (χ4v) is 0.780. The zero-order chi connectivity index (χ0) is 12.1. The first-order valence-corrected chi connectivity index (χ1v) is 4.58. The van der Waals surface area contributed by atoms with Crippen LogP contribution < -0.4 is 16.4 Å². The van der Waals surface area contributed by atoms with Crippen molar-refractivity contribution >= 4 is 6.03 Å². The van der Waals surface area contributed by atoms with Crippen LogP contribution >= 0.6 is 0 Å². The normalized spacial score (nSPS) is 13.8. The molecular formula is C8H16F3N3O. The Morgan fingerprint density at radius 2 is 1.93 bits per heavy atom. The predicted molar refractivity (Wildman–Crippen MR) is 50.3 cm³/mol. The Kier molecular flexibility index (Phi) is 5.41. The molecule has 0 aliphatic carbocycles. The van der Waals surface area contributed by atoms with Crippen LogP contribution in [-0.2, 0) is 0 Å². The minimum Gasteiger partial charge on any atom is -0.338 e. The van der Waals surface area contributed by atoms with Crippen molar-refractivity contribution in [2.75, 3.05) is 13.1 Å². The minimum atomic E-state index is -4.51. The highest BCUT2D eigenvalue weighted by atomic mass is 19.4. The number of nitrogens with one attached hydrogen (secondary N) is 2. The van der Waals surface area contributed by atoms with E-state index in [1.165, 1.54) is 0 Å². The molecule has 0 aromatic heterocycles. The number of carbonyl (C=O) groups is 1. The summed E-state index contributed by atoms with van der Waals surface area (Å²) in [6.07, 6.45) is -4.51. The summed E-state index contributed by atoms with van der Waals surface area (Å²) in [5.41, 5.74) is 4.90. The van der Waals surface area contributed by atoms with Crippen LogP contribution in [0.15, 0.2) is 0 Å². The Bertz CT molecular complexity index is 206. The van der Waals surface area contributed by atoms with Crippen molar-refractivity contribution in [3.05, 3.63) is 0 Å². The minimum absolute atomic E-state index is 0.179. The van der Waals surface area contributed by atoms with Crippen molar-refractivity contribution in [1.82, 2.24) is 10.6 Å². The van der Waals surface area contributed by atoms with Crippen LogP contribution in [-0.4, -0.2) is 31.3 Å². The highest BCUT2D eigenvalue weighted by Crippen LogP contribution is 2.18. The van der Waals surface area contributed by atoms with Gasteiger partial charge >= 0.3 is 12.2 Å². The second kappa shape index (κ2) is 5.79. The lowest BCUT2D eigenvalue weighted by atomic mass is 10.2. The van der Waals surface area contributed by atoms with Gasteiger partial charge in [0.25, 0.3) is 0 Å². The van der Waals surface area contributed by atoms with Gasteiger partial charge in [0.1, 0.15) is 6.04 Å². The third-order valence-electron chi connectivity index (χ3n) is 1.61. The highest BCUT2D eigenvalue weighted by Gasteiger charge is 2.39. The Hall–Kier alpha value is -0.980. The lowest BCUT2D eigenvalue weighted by molar-refractivity contribution is -0.150. The molecule has 1 unspecified atom stereocenters. The molecule has 4 N–H and O–H groups in total. The Labute approximate surface area is 86.4 Å². The van der Waals surface area contributed by atoms with E-state index >= 15 is 0 Å². The molecule has 7 heteroatoms. The molecule has 1 atom stereocenters. The highest BCUT2D eigenvalue weighted by molar-refractivity contribution is 5.74. The van der Waals surface area contributed by atoms with Gasteiger partial charge in [-0.25, -0.2) is 4.79 Å². The van der Waals surface area contributed by atoms with Crippen LogP contribution in [0.1, 0.15) is 13.8 Å². The number of rotatable bonds is 4. The van der Waals surface area contributed by atoms with Gasteiger partial charge in [-0.05, 0) is 5.92 Å². The van der Waals surface area contributed by atoms with E-state index in [1.807, 2.05) is 13.8 Å². The largest absolute Gasteiger partial charge is 0.409 e. The summed E-state index contributed by atoms with van der Waals surface area (Å²) in [7, 11) is 0. The first-order valence-electron chi connectivity index (χ1n) is 4.58. The average Bonchev–Trinajstić information content (AvgIpc) is 2.08. The van der Waals surface area contributed by atoms with Crippen LogP contribution in [0.5, 0.6) is 0 Å². The van der Waals surface area contributed by atoms with Crippen molar-refractivity contribution in [2.24, 2.45) is 11.7 Å². The molecule has 0 radical (unpaired) electrons. The molecule has 4 nitrogen and oxygen atoms in total. The summed E-state index contributed by atoms with van der Waals surface area (Å²) in [4.78, 5) is 11.0. The van der Waals surface area contributed by atoms with Gasteiger partial charge in [-0.3, -0.25) is 0 Å². The van der Waals surface area contributed by atoms with Crippen molar-refractivity contribution < 1.29 is 18.0 Å². The van der Waals surface area contributed by atoms with Crippen molar-refractivity contribution in [2.45, 2.75) is 26.1 Å². The molecule has 0 saturated carbocycles. The summed E-state index contributed by atoms with van der Waals surface area (Å²) >= 11 is 0. The number of urea groups is 1. The molecule has 2 amide bonds. The van der Waals surface area contributed by atoms with Gasteiger partial charge in [0.05, 0.1) is 0 Å². The number of alkyl halides is 3. The molecule has 0 aromatic carbocycles. The average molecular weight is 227 g/mol. The van der Waals surface area contributed by atoms with Gasteiger partial charge in [0.2, 0.25) is 0 Å². The fourth-order valence-electron chi connectivity index (χ4n) is 0.780. The fraction of sp³-hybridized carbons (Fsp3) is 0.875. The molecular weight excluding hydrogens is 211 g/mol. The molecule has 0 spiro atoms. The van der Waals surface area contributed by atoms with Gasteiger partial charge in [-0.2, -0.15) is 13.2 Å². The Morgan fingerprint density at radius 1 is 1.40 bits per heavy atom. The van der Waals surface area contributed by atoms with E-state index in [4.69, 9.17) is 5.73 Å². The quantitative estimate of drug-likeness (QED) is 0.666. The number of carbonyl (C=O) groups excluding carboxylic acids is 1. The van der Waals surface area contributed by atoms with Gasteiger partial charge in [-0.15, -0.1) is 0 Å². The van der Waals surface area contributed by atoms with Crippen LogP contribution in [0.2, 0.25) is 0 Å². The SMILES string of the molecule is CC(C)CNC(=O)NC(CN)C(F)(F)F. The van der Waals surface area contributed by atoms with Gasteiger partial charge in [-0.1, -0.05) is 13.8 Å². The van der Waals surface area contributed by atoms with Gasteiger partial charge in [0, 0.05) is 13.1 Å². The van der Waals surface area contributed by atoms with Crippen molar-refractivity contribution in [1.29, 1.82) is 0 Å². The standard InChI is InChI=1S/C8H16F3N3O/c1-5(2)4-13-7(15)14-6(3-12)8(9,10)11/h5-6H,3-4,12H2,1-2H3,(H2,13,14,15). The van der Waals surface area contributed by atoms with Gasteiger partial charge < -0.3 is 16.4 Å². The molecule has 0 heterocycles. The third kappa shape index (κ3) is 6.16. The summed E-state index contributed by atoms with van der Waals surface area (Å²) < 4.78 is 36.5. The third-order valence-corrected chi connectivity index (χ3v) is 1.61. The zero-order valence-corrected chi connectivity index (χ0v) is 8.69. The van der Waals surface area contributed by atoms with Crippen LogP contribution in [0, 0.1) is 5.92 Å². The summed E-state index contributed by atoms with van der Waals surface area (Å²) in [6.45, 7) is 3.33. The molecule has 15 heavy (non-hydrogen) atoms. The summed E-state index contributed by atoms with van der Waals surface area (Å²) in [6, 6.07) is -2.85. The maximum Gasteiger partial charge on any atom is 0.409 e. The van der Waals surface area contributed by atoms with Crippen molar-refractivity contribution in [3.8, 4) is 0 Å². The van der Waals surface area contributed by atoms with Crippen LogP contribution in [0.4, 0.5) is 18.0 Å². The number of hydrogen-bond donors (Lipinski definition) is 3. The van der Waals surface area contributed by atoms with Crippen LogP contribution in [0.25, 0.3) is 0 Å². The molecule has 90 valence electrons. The molecule has 0 bridgehead atoms. The summed E-state index contributed by atoms with van der Waals surface area (Å²) in [5.74, 6) is 0.179. The van der Waals surface area contributed by atoms with E-state index < -0.39 is 24.8 Å². The molecule has 0 rings (SSSR count). The lowest BCUT2D eigenvalue weighted by Crippen LogP contribution is -2.53. The van der Waals surface area contributed by atoms with E-state index in [1.54, 1.807) is 5.32 Å². The number of amides is 2. The first-order chi connectivity index (χ1) is 6.77. The monoisotopic (exact) mass is 227 g/mol. The Morgan fingerprint density at radius 3 is 2.27 bits per heavy atom. The maximum atomic E-state index is 12.2. The van der Waals surface area contributed by atoms with E-state index in [-0.39, 0.29) is 5.92 Å². The second-order valence-electron chi connectivity index (χ2n) is 3.58. The van der Waals surface area contributed by atoms with Crippen LogP contribution in [0.3, 0.4) is 0 Å². The number of nitrogens with two attached hydrogens (primary N) is 1. The second-order valence-corrected chi connectivity index (χ2v) is 3.58. The predicted octanol–water partition coefficient (Wildman–Crippen LogP) is 0.831. The van der Waals surface area contributed by atoms with E-state index in [2.05, 4.69) is 5.32 Å². The molecule has 0 aliphatic rings. The molecule has 0 aromatic rings. The van der Waals surface area contributed by atoms with Crippen molar-refractivity contribution in [3.63, 3.8) is 0 Å². The number of halogens is 3.